The van der Waals surface area contributed by atoms with Crippen LogP contribution in [0.25, 0.3) is 0 Å². The molecule has 1 rings (SSSR count). The first-order valence-electron chi connectivity index (χ1n) is 2.08. The zero-order valence-corrected chi connectivity index (χ0v) is 3.81. The van der Waals surface area contributed by atoms with E-state index in [4.69, 9.17) is 0 Å². The third kappa shape index (κ3) is 0.482. The average molecular weight is 81.1 g/mol. The lowest BCUT2D eigenvalue weighted by Crippen LogP contribution is -1.78. The van der Waals surface area contributed by atoms with Gasteiger partial charge in [0.2, 0.25) is 0 Å². The SMILES string of the molecule is CC1=NC=CC1. The Balaban J connectivity index is 2.61. The predicted molar refractivity (Wildman–Crippen MR) is 26.9 cm³/mol. The van der Waals surface area contributed by atoms with Crippen LogP contribution in [0, 0.1) is 0 Å². The highest BCUT2D eigenvalue weighted by Gasteiger charge is 1.88. The minimum absolute atomic E-state index is 1.06. The molecule has 1 heteroatoms. The minimum Gasteiger partial charge on any atom is -0.266 e. The van der Waals surface area contributed by atoms with Crippen molar-refractivity contribution in [2.45, 2.75) is 13.3 Å². The van der Waals surface area contributed by atoms with Gasteiger partial charge in [-0.2, -0.15) is 0 Å². The Kier molecular flexibility index (Phi) is 0.748. The molecule has 0 N–H and O–H groups in total. The van der Waals surface area contributed by atoms with Crippen molar-refractivity contribution in [3.05, 3.63) is 12.3 Å². The van der Waals surface area contributed by atoms with E-state index < -0.39 is 0 Å². The van der Waals surface area contributed by atoms with Gasteiger partial charge in [-0.3, -0.25) is 4.99 Å². The van der Waals surface area contributed by atoms with Gasteiger partial charge in [0.15, 0.2) is 0 Å². The Morgan fingerprint density at radius 2 is 2.67 bits per heavy atom. The molecule has 0 atom stereocenters. The molecule has 0 amide bonds. The zero-order valence-electron chi connectivity index (χ0n) is 3.81. The highest BCUT2D eigenvalue weighted by Crippen LogP contribution is 1.96. The zero-order chi connectivity index (χ0) is 4.41. The van der Waals surface area contributed by atoms with Crippen LogP contribution in [-0.4, -0.2) is 5.71 Å². The summed E-state index contributed by atoms with van der Waals surface area (Å²) in [7, 11) is 0. The van der Waals surface area contributed by atoms with Crippen LogP contribution in [0.1, 0.15) is 13.3 Å². The monoisotopic (exact) mass is 81.1 g/mol. The maximum Gasteiger partial charge on any atom is 0.0231 e. The van der Waals surface area contributed by atoms with Crippen LogP contribution in [0.2, 0.25) is 0 Å². The van der Waals surface area contributed by atoms with E-state index in [1.165, 1.54) is 5.71 Å². The summed E-state index contributed by atoms with van der Waals surface area (Å²) >= 11 is 0. The molecule has 1 aliphatic heterocycles. The van der Waals surface area contributed by atoms with E-state index in [0.29, 0.717) is 0 Å². The fraction of sp³-hybridized carbons (Fsp3) is 0.400. The summed E-state index contributed by atoms with van der Waals surface area (Å²) < 4.78 is 0. The molecule has 0 aromatic rings. The fourth-order valence-electron chi connectivity index (χ4n) is 0.456. The van der Waals surface area contributed by atoms with E-state index in [9.17, 15) is 0 Å². The van der Waals surface area contributed by atoms with E-state index in [1.54, 1.807) is 0 Å². The molecule has 0 aromatic carbocycles. The molecule has 32 valence electrons. The molecule has 1 nitrogen and oxygen atoms in total. The van der Waals surface area contributed by atoms with Crippen molar-refractivity contribution in [3.63, 3.8) is 0 Å². The van der Waals surface area contributed by atoms with E-state index in [0.717, 1.165) is 6.42 Å². The molecule has 6 heavy (non-hydrogen) atoms. The van der Waals surface area contributed by atoms with Crippen LogP contribution in [-0.2, 0) is 0 Å². The fourth-order valence-corrected chi connectivity index (χ4v) is 0.456. The summed E-state index contributed by atoms with van der Waals surface area (Å²) in [4.78, 5) is 3.97. The topological polar surface area (TPSA) is 12.4 Å². The lowest BCUT2D eigenvalue weighted by molar-refractivity contribution is 1.50. The molecular weight excluding hydrogens is 74.1 g/mol. The van der Waals surface area contributed by atoms with Crippen molar-refractivity contribution in [2.24, 2.45) is 4.99 Å². The quantitative estimate of drug-likeness (QED) is 0.417. The smallest absolute Gasteiger partial charge is 0.0231 e. The lowest BCUT2D eigenvalue weighted by atomic mass is 10.3. The second-order valence-electron chi connectivity index (χ2n) is 1.45. The molecular formula is C5H7N. The van der Waals surface area contributed by atoms with Crippen LogP contribution >= 0.6 is 0 Å². The van der Waals surface area contributed by atoms with E-state index >= 15 is 0 Å². The van der Waals surface area contributed by atoms with E-state index in [-0.39, 0.29) is 0 Å². The summed E-state index contributed by atoms with van der Waals surface area (Å²) in [5, 5.41) is 0. The van der Waals surface area contributed by atoms with Crippen LogP contribution in [0.4, 0.5) is 0 Å². The number of aliphatic imine (C=N–C) groups is 1. The van der Waals surface area contributed by atoms with Gasteiger partial charge in [-0.1, -0.05) is 6.08 Å². The Hall–Kier alpha value is -0.590. The van der Waals surface area contributed by atoms with Crippen molar-refractivity contribution in [3.8, 4) is 0 Å². The summed E-state index contributed by atoms with van der Waals surface area (Å²) in [5.74, 6) is 0. The molecule has 1 aliphatic rings. The Morgan fingerprint density at radius 1 is 1.83 bits per heavy atom. The van der Waals surface area contributed by atoms with Gasteiger partial charge in [0.25, 0.3) is 0 Å². The summed E-state index contributed by atoms with van der Waals surface area (Å²) in [5.41, 5.74) is 1.22. The molecule has 0 aromatic heterocycles. The van der Waals surface area contributed by atoms with Gasteiger partial charge in [0.05, 0.1) is 0 Å². The normalized spacial score (nSPS) is 18.5. The van der Waals surface area contributed by atoms with Crippen molar-refractivity contribution >= 4 is 5.71 Å². The molecule has 0 unspecified atom stereocenters. The van der Waals surface area contributed by atoms with Crippen molar-refractivity contribution in [1.82, 2.24) is 0 Å². The number of allylic oxidation sites excluding steroid dienone is 1. The maximum atomic E-state index is 3.97. The van der Waals surface area contributed by atoms with Gasteiger partial charge in [0, 0.05) is 18.3 Å². The second-order valence-corrected chi connectivity index (χ2v) is 1.45. The van der Waals surface area contributed by atoms with Crippen molar-refractivity contribution < 1.29 is 0 Å². The first-order valence-corrected chi connectivity index (χ1v) is 2.08. The number of nitrogens with zero attached hydrogens (tertiary/aromatic N) is 1. The summed E-state index contributed by atoms with van der Waals surface area (Å²) in [6, 6.07) is 0. The van der Waals surface area contributed by atoms with Gasteiger partial charge >= 0.3 is 0 Å². The minimum atomic E-state index is 1.06. The first kappa shape index (κ1) is 3.59. The largest absolute Gasteiger partial charge is 0.266 e. The number of hydrogen-bond acceptors (Lipinski definition) is 1. The Labute approximate surface area is 37.4 Å². The third-order valence-electron chi connectivity index (χ3n) is 0.814. The van der Waals surface area contributed by atoms with Crippen molar-refractivity contribution in [2.75, 3.05) is 0 Å². The number of rotatable bonds is 0. The molecule has 0 fully saturated rings. The van der Waals surface area contributed by atoms with Crippen LogP contribution < -0.4 is 0 Å². The molecule has 1 heterocycles. The molecule has 0 aliphatic carbocycles. The summed E-state index contributed by atoms with van der Waals surface area (Å²) in [6.07, 6.45) is 4.95. The highest BCUT2D eigenvalue weighted by atomic mass is 14.7. The molecule has 0 bridgehead atoms. The molecule has 0 radical (unpaired) electrons. The average Bonchev–Trinajstić information content (AvgIpc) is 1.86. The molecule has 0 saturated heterocycles. The predicted octanol–water partition coefficient (Wildman–Crippen LogP) is 1.36. The molecule has 0 saturated carbocycles. The van der Waals surface area contributed by atoms with E-state index in [1.807, 2.05) is 13.1 Å². The van der Waals surface area contributed by atoms with Gasteiger partial charge in [-0.25, -0.2) is 0 Å². The van der Waals surface area contributed by atoms with Gasteiger partial charge in [0.1, 0.15) is 0 Å². The van der Waals surface area contributed by atoms with Crippen LogP contribution in [0.3, 0.4) is 0 Å². The standard InChI is InChI=1S/C5H7N/c1-5-3-2-4-6-5/h2,4H,3H2,1H3. The second kappa shape index (κ2) is 1.25. The molecule has 0 spiro atoms. The van der Waals surface area contributed by atoms with Crippen molar-refractivity contribution in [1.29, 1.82) is 0 Å². The lowest BCUT2D eigenvalue weighted by Gasteiger charge is -1.76. The first-order chi connectivity index (χ1) is 2.89. The Morgan fingerprint density at radius 3 is 2.83 bits per heavy atom. The number of hydrogen-bond donors (Lipinski definition) is 0. The third-order valence-corrected chi connectivity index (χ3v) is 0.814. The van der Waals surface area contributed by atoms with Gasteiger partial charge < -0.3 is 0 Å². The maximum absolute atomic E-state index is 3.97. The van der Waals surface area contributed by atoms with Gasteiger partial charge in [-0.15, -0.1) is 0 Å². The van der Waals surface area contributed by atoms with Gasteiger partial charge in [-0.05, 0) is 6.92 Å². The van der Waals surface area contributed by atoms with Crippen LogP contribution in [0.15, 0.2) is 17.3 Å². The van der Waals surface area contributed by atoms with Crippen LogP contribution in [0.5, 0.6) is 0 Å². The summed E-state index contributed by atoms with van der Waals surface area (Å²) in [6.45, 7) is 2.03. The highest BCUT2D eigenvalue weighted by molar-refractivity contribution is 5.85. The Bertz CT molecular complexity index is 101. The van der Waals surface area contributed by atoms with E-state index in [2.05, 4.69) is 11.1 Å².